The maximum absolute atomic E-state index is 11.5. The Kier molecular flexibility index (Phi) is 4.36. The fraction of sp³-hybridized carbons (Fsp3) is 0.467. The summed E-state index contributed by atoms with van der Waals surface area (Å²) in [6, 6.07) is 7.04. The van der Waals surface area contributed by atoms with Crippen LogP contribution in [-0.4, -0.2) is 41.3 Å². The van der Waals surface area contributed by atoms with Crippen molar-refractivity contribution in [2.24, 2.45) is 0 Å². The van der Waals surface area contributed by atoms with Gasteiger partial charge in [0.1, 0.15) is 5.82 Å². The second-order valence-corrected chi connectivity index (χ2v) is 7.98. The molecule has 1 atom stereocenters. The number of aromatic nitrogens is 3. The van der Waals surface area contributed by atoms with E-state index in [1.54, 1.807) is 12.1 Å². The van der Waals surface area contributed by atoms with Crippen LogP contribution >= 0.6 is 0 Å². The molecule has 1 saturated heterocycles. The molecular formula is C15H20N4O3S. The van der Waals surface area contributed by atoms with Gasteiger partial charge in [0.2, 0.25) is 0 Å². The number of hydrogen-bond acceptors (Lipinski definition) is 5. The Morgan fingerprint density at radius 1 is 1.26 bits per heavy atom. The first-order valence-corrected chi connectivity index (χ1v) is 9.50. The number of aromatic amines is 2. The van der Waals surface area contributed by atoms with E-state index >= 15 is 0 Å². The zero-order valence-electron chi connectivity index (χ0n) is 12.9. The van der Waals surface area contributed by atoms with Crippen LogP contribution in [0, 0.1) is 0 Å². The highest BCUT2D eigenvalue weighted by atomic mass is 32.2. The summed E-state index contributed by atoms with van der Waals surface area (Å²) in [5.41, 5.74) is 0.755. The van der Waals surface area contributed by atoms with Gasteiger partial charge in [0.15, 0.2) is 9.84 Å². The summed E-state index contributed by atoms with van der Waals surface area (Å²) >= 11 is 0. The summed E-state index contributed by atoms with van der Waals surface area (Å²) in [4.78, 5) is 16.6. The van der Waals surface area contributed by atoms with Crippen molar-refractivity contribution in [2.45, 2.75) is 36.7 Å². The minimum atomic E-state index is -3.17. The molecule has 1 aromatic carbocycles. The summed E-state index contributed by atoms with van der Waals surface area (Å²) in [6.07, 6.45) is 4.36. The van der Waals surface area contributed by atoms with Crippen LogP contribution in [-0.2, 0) is 16.4 Å². The molecule has 2 heterocycles. The average Bonchev–Trinajstić information content (AvgIpc) is 2.94. The quantitative estimate of drug-likeness (QED) is 0.875. The van der Waals surface area contributed by atoms with E-state index in [1.807, 2.05) is 12.1 Å². The van der Waals surface area contributed by atoms with Crippen LogP contribution in [0.25, 0.3) is 0 Å². The number of nitrogens with one attached hydrogen (secondary N) is 2. The maximum Gasteiger partial charge on any atom is 0.340 e. The number of nitrogens with zero attached hydrogens (tertiary/aromatic N) is 2. The molecule has 1 aliphatic heterocycles. The van der Waals surface area contributed by atoms with E-state index in [0.29, 0.717) is 17.3 Å². The Morgan fingerprint density at radius 2 is 2.00 bits per heavy atom. The van der Waals surface area contributed by atoms with E-state index in [-0.39, 0.29) is 11.7 Å². The molecule has 0 radical (unpaired) electrons. The Balaban J connectivity index is 1.78. The van der Waals surface area contributed by atoms with E-state index in [9.17, 15) is 13.2 Å². The Labute approximate surface area is 134 Å². The minimum Gasteiger partial charge on any atom is -0.292 e. The first kappa shape index (κ1) is 15.9. The molecule has 0 unspecified atom stereocenters. The van der Waals surface area contributed by atoms with Gasteiger partial charge in [-0.05, 0) is 37.1 Å². The lowest BCUT2D eigenvalue weighted by atomic mass is 10.0. The minimum absolute atomic E-state index is 0.0808. The molecule has 0 aliphatic carbocycles. The Morgan fingerprint density at radius 3 is 2.61 bits per heavy atom. The molecule has 124 valence electrons. The second kappa shape index (κ2) is 6.29. The Hall–Kier alpha value is -1.93. The zero-order valence-corrected chi connectivity index (χ0v) is 13.8. The highest BCUT2D eigenvalue weighted by Crippen LogP contribution is 2.29. The third-order valence-corrected chi connectivity index (χ3v) is 5.31. The Bertz CT molecular complexity index is 823. The van der Waals surface area contributed by atoms with Crippen LogP contribution in [0.15, 0.2) is 34.0 Å². The van der Waals surface area contributed by atoms with Crippen LogP contribution in [0.4, 0.5) is 0 Å². The van der Waals surface area contributed by atoms with Gasteiger partial charge >= 0.3 is 5.69 Å². The number of benzene rings is 1. The van der Waals surface area contributed by atoms with Crippen LogP contribution in [0.1, 0.15) is 36.7 Å². The lowest BCUT2D eigenvalue weighted by molar-refractivity contribution is 0.134. The number of piperidine rings is 1. The number of sulfone groups is 1. The molecule has 2 N–H and O–H groups in total. The van der Waals surface area contributed by atoms with Crippen LogP contribution in [0.2, 0.25) is 0 Å². The lowest BCUT2D eigenvalue weighted by Gasteiger charge is -2.34. The van der Waals surface area contributed by atoms with Crippen molar-refractivity contribution in [3.63, 3.8) is 0 Å². The summed E-state index contributed by atoms with van der Waals surface area (Å²) in [5.74, 6) is 0.669. The first-order valence-electron chi connectivity index (χ1n) is 7.61. The predicted octanol–water partition coefficient (Wildman–Crippen LogP) is 1.23. The molecule has 23 heavy (non-hydrogen) atoms. The largest absolute Gasteiger partial charge is 0.340 e. The van der Waals surface area contributed by atoms with Gasteiger partial charge in [0.25, 0.3) is 0 Å². The maximum atomic E-state index is 11.5. The smallest absolute Gasteiger partial charge is 0.292 e. The van der Waals surface area contributed by atoms with E-state index in [2.05, 4.69) is 20.1 Å². The molecule has 0 bridgehead atoms. The molecule has 0 saturated carbocycles. The molecule has 1 aromatic heterocycles. The molecule has 3 rings (SSSR count). The summed E-state index contributed by atoms with van der Waals surface area (Å²) in [7, 11) is -3.17. The SMILES string of the molecule is CS(=O)(=O)c1ccc(CN2CCCC[C@H]2c2n[nH]c(=O)[nH]2)cc1. The summed E-state index contributed by atoms with van der Waals surface area (Å²) in [5, 5.41) is 6.48. The molecule has 8 heteroatoms. The van der Waals surface area contributed by atoms with Gasteiger partial charge in [0, 0.05) is 12.8 Å². The van der Waals surface area contributed by atoms with E-state index < -0.39 is 9.84 Å². The number of likely N-dealkylation sites (tertiary alicyclic amines) is 1. The van der Waals surface area contributed by atoms with Crippen molar-refractivity contribution in [2.75, 3.05) is 12.8 Å². The van der Waals surface area contributed by atoms with Gasteiger partial charge in [-0.25, -0.2) is 18.3 Å². The summed E-state index contributed by atoms with van der Waals surface area (Å²) < 4.78 is 23.0. The normalized spacial score (nSPS) is 19.8. The number of hydrogen-bond donors (Lipinski definition) is 2. The van der Waals surface area contributed by atoms with E-state index in [0.717, 1.165) is 31.4 Å². The lowest BCUT2D eigenvalue weighted by Crippen LogP contribution is -2.33. The van der Waals surface area contributed by atoms with Crippen molar-refractivity contribution >= 4 is 9.84 Å². The molecule has 0 spiro atoms. The number of rotatable bonds is 4. The van der Waals surface area contributed by atoms with Gasteiger partial charge in [-0.3, -0.25) is 9.88 Å². The third kappa shape index (κ3) is 3.70. The average molecular weight is 336 g/mol. The fourth-order valence-electron chi connectivity index (χ4n) is 3.01. The van der Waals surface area contributed by atoms with E-state index in [4.69, 9.17) is 0 Å². The molecule has 0 amide bonds. The van der Waals surface area contributed by atoms with Crippen molar-refractivity contribution in [1.82, 2.24) is 20.1 Å². The highest BCUT2D eigenvalue weighted by molar-refractivity contribution is 7.90. The monoisotopic (exact) mass is 336 g/mol. The van der Waals surface area contributed by atoms with Crippen molar-refractivity contribution in [1.29, 1.82) is 0 Å². The standard InChI is InChI=1S/C15H20N4O3S/c1-23(21,22)12-7-5-11(6-8-12)10-19-9-3-2-4-13(19)14-16-15(20)18-17-14/h5-8,13H,2-4,9-10H2,1H3,(H2,16,17,18,20)/t13-/m0/s1. The fourth-order valence-corrected chi connectivity index (χ4v) is 3.64. The summed E-state index contributed by atoms with van der Waals surface area (Å²) in [6.45, 7) is 1.62. The third-order valence-electron chi connectivity index (χ3n) is 4.19. The molecule has 1 aliphatic rings. The number of H-pyrrole nitrogens is 2. The second-order valence-electron chi connectivity index (χ2n) is 5.96. The molecular weight excluding hydrogens is 316 g/mol. The van der Waals surface area contributed by atoms with Gasteiger partial charge in [-0.15, -0.1) is 0 Å². The van der Waals surface area contributed by atoms with Crippen molar-refractivity contribution < 1.29 is 8.42 Å². The predicted molar refractivity (Wildman–Crippen MR) is 85.8 cm³/mol. The van der Waals surface area contributed by atoms with Crippen LogP contribution in [0.3, 0.4) is 0 Å². The molecule has 7 nitrogen and oxygen atoms in total. The van der Waals surface area contributed by atoms with Gasteiger partial charge < -0.3 is 0 Å². The molecule has 1 fully saturated rings. The van der Waals surface area contributed by atoms with Crippen LogP contribution in [0.5, 0.6) is 0 Å². The zero-order chi connectivity index (χ0) is 16.4. The van der Waals surface area contributed by atoms with Gasteiger partial charge in [-0.2, -0.15) is 5.10 Å². The van der Waals surface area contributed by atoms with Crippen LogP contribution < -0.4 is 5.69 Å². The van der Waals surface area contributed by atoms with Crippen molar-refractivity contribution in [3.8, 4) is 0 Å². The highest BCUT2D eigenvalue weighted by Gasteiger charge is 2.26. The van der Waals surface area contributed by atoms with Crippen molar-refractivity contribution in [3.05, 3.63) is 46.1 Å². The van der Waals surface area contributed by atoms with Gasteiger partial charge in [-0.1, -0.05) is 18.6 Å². The topological polar surface area (TPSA) is 98.9 Å². The van der Waals surface area contributed by atoms with E-state index in [1.165, 1.54) is 6.26 Å². The molecule has 2 aromatic rings. The van der Waals surface area contributed by atoms with Gasteiger partial charge in [0.05, 0.1) is 10.9 Å². The first-order chi connectivity index (χ1) is 10.9.